The molecule has 0 saturated carbocycles. The molecule has 1 radical (unpaired) electrons. The molecule has 6 heavy (non-hydrogen) atoms. The summed E-state index contributed by atoms with van der Waals surface area (Å²) >= 11 is 0. The van der Waals surface area contributed by atoms with E-state index in [4.69, 9.17) is 0 Å². The molecule has 0 bridgehead atoms. The van der Waals surface area contributed by atoms with E-state index in [1.54, 1.807) is 0 Å². The van der Waals surface area contributed by atoms with E-state index in [1.165, 1.54) is 0 Å². The average Bonchev–Trinajstić information content (AvgIpc) is 1.41. The second-order valence-electron chi connectivity index (χ2n) is 0.955. The summed E-state index contributed by atoms with van der Waals surface area (Å²) < 4.78 is 0. The minimum Gasteiger partial charge on any atom is -0.303 e. The second-order valence-corrected chi connectivity index (χ2v) is 0.955. The molecule has 0 N–H and O–H groups in total. The number of carbonyl (C=O) groups excluding carboxylic acids is 1. The van der Waals surface area contributed by atoms with E-state index in [9.17, 15) is 4.79 Å². The first-order valence-electron chi connectivity index (χ1n) is 1.85. The summed E-state index contributed by atoms with van der Waals surface area (Å²) in [5.74, 6) is 0. The molecule has 0 fully saturated rings. The van der Waals surface area contributed by atoms with Crippen LogP contribution in [0.25, 0.3) is 0 Å². The van der Waals surface area contributed by atoms with E-state index >= 15 is 0 Å². The molecule has 0 aliphatic heterocycles. The second kappa shape index (κ2) is 9.40. The fourth-order valence-electron chi connectivity index (χ4n) is 0.118. The minimum absolute atomic E-state index is 0. The van der Waals surface area contributed by atoms with Gasteiger partial charge in [-0.05, 0) is 6.42 Å². The van der Waals surface area contributed by atoms with Gasteiger partial charge in [-0.25, -0.2) is 0 Å². The van der Waals surface area contributed by atoms with E-state index in [-0.39, 0.29) is 41.3 Å². The number of unbranched alkanes of at least 4 members (excludes halogenated alkanes) is 1. The predicted molar refractivity (Wildman–Crippen MR) is 21.0 cm³/mol. The minimum atomic E-state index is 0. The number of hydrogen-bond donors (Lipinski definition) is 0. The summed E-state index contributed by atoms with van der Waals surface area (Å²) in [6, 6.07) is 0. The van der Waals surface area contributed by atoms with Crippen molar-refractivity contribution >= 4 is 6.29 Å². The number of hydrogen-bond acceptors (Lipinski definition) is 1. The monoisotopic (exact) mass is 213 g/mol. The van der Waals surface area contributed by atoms with Gasteiger partial charge >= 0.3 is 0 Å². The molecule has 1 nitrogen and oxygen atoms in total. The van der Waals surface area contributed by atoms with Crippen LogP contribution in [0.3, 0.4) is 0 Å². The van der Waals surface area contributed by atoms with Gasteiger partial charge in [0.25, 0.3) is 0 Å². The van der Waals surface area contributed by atoms with E-state index in [2.05, 4.69) is 0 Å². The van der Waals surface area contributed by atoms with Crippen LogP contribution < -0.4 is 0 Å². The average molecular weight is 213 g/mol. The van der Waals surface area contributed by atoms with Crippen molar-refractivity contribution < 1.29 is 46.1 Å². The third kappa shape index (κ3) is 8.90. The van der Waals surface area contributed by atoms with Crippen molar-refractivity contribution in [2.75, 3.05) is 0 Å². The number of carbonyl (C=O) groups is 1. The Labute approximate surface area is 71.5 Å². The molecule has 0 aliphatic carbocycles. The Morgan fingerprint density at radius 2 is 2.17 bits per heavy atom. The smallest absolute Gasteiger partial charge is 0.119 e. The van der Waals surface area contributed by atoms with E-state index in [0.717, 1.165) is 12.7 Å². The van der Waals surface area contributed by atoms with Gasteiger partial charge in [0.2, 0.25) is 0 Å². The van der Waals surface area contributed by atoms with Crippen molar-refractivity contribution in [3.63, 3.8) is 0 Å². The van der Waals surface area contributed by atoms with Gasteiger partial charge in [0, 0.05) is 47.7 Å². The summed E-state index contributed by atoms with van der Waals surface area (Å²) in [5, 5.41) is 0. The zero-order valence-electron chi connectivity index (χ0n) is 3.98. The van der Waals surface area contributed by atoms with Crippen LogP contribution in [0, 0.1) is 41.3 Å². The van der Waals surface area contributed by atoms with Crippen LogP contribution in [-0.2, 0) is 4.79 Å². The van der Waals surface area contributed by atoms with E-state index in [0.29, 0.717) is 6.42 Å². The SMILES string of the molecule is CCCC=O.[Pr]. The first-order valence-corrected chi connectivity index (χ1v) is 1.85. The maximum absolute atomic E-state index is 9.40. The largest absolute Gasteiger partial charge is 0.303 e. The van der Waals surface area contributed by atoms with Gasteiger partial charge < -0.3 is 4.79 Å². The molecular formula is C4H8OPr. The third-order valence-corrected chi connectivity index (χ3v) is 0.407. The van der Waals surface area contributed by atoms with Crippen LogP contribution in [0.4, 0.5) is 0 Å². The fraction of sp³-hybridized carbons (Fsp3) is 0.750. The molecule has 33 valence electrons. The Morgan fingerprint density at radius 3 is 2.17 bits per heavy atom. The molecule has 0 unspecified atom stereocenters. The molecular weight excluding hydrogens is 205 g/mol. The third-order valence-electron chi connectivity index (χ3n) is 0.407. The molecule has 0 aliphatic rings. The zero-order chi connectivity index (χ0) is 4.12. The fourth-order valence-corrected chi connectivity index (χ4v) is 0.118. The van der Waals surface area contributed by atoms with Gasteiger partial charge in [0.05, 0.1) is 0 Å². The Kier molecular flexibility index (Phi) is 15.8. The van der Waals surface area contributed by atoms with Gasteiger partial charge in [-0.15, -0.1) is 0 Å². The van der Waals surface area contributed by atoms with Crippen molar-refractivity contribution in [2.24, 2.45) is 0 Å². The number of aldehydes is 1. The molecule has 0 atom stereocenters. The summed E-state index contributed by atoms with van der Waals surface area (Å²) in [6.45, 7) is 1.98. The van der Waals surface area contributed by atoms with Crippen LogP contribution in [0.5, 0.6) is 0 Å². The van der Waals surface area contributed by atoms with Crippen molar-refractivity contribution in [2.45, 2.75) is 19.8 Å². The van der Waals surface area contributed by atoms with E-state index < -0.39 is 0 Å². The van der Waals surface area contributed by atoms with E-state index in [1.807, 2.05) is 6.92 Å². The normalized spacial score (nSPS) is 6.17. The van der Waals surface area contributed by atoms with Crippen molar-refractivity contribution in [3.8, 4) is 0 Å². The van der Waals surface area contributed by atoms with Crippen LogP contribution in [0.2, 0.25) is 0 Å². The van der Waals surface area contributed by atoms with Crippen LogP contribution in [0.15, 0.2) is 0 Å². The maximum Gasteiger partial charge on any atom is 0.119 e. The van der Waals surface area contributed by atoms with Gasteiger partial charge in [-0.2, -0.15) is 0 Å². The van der Waals surface area contributed by atoms with Crippen LogP contribution in [-0.4, -0.2) is 6.29 Å². The van der Waals surface area contributed by atoms with Crippen molar-refractivity contribution in [1.82, 2.24) is 0 Å². The molecule has 2 heteroatoms. The molecule has 0 aromatic rings. The van der Waals surface area contributed by atoms with Crippen molar-refractivity contribution in [1.29, 1.82) is 0 Å². The van der Waals surface area contributed by atoms with Crippen LogP contribution in [0.1, 0.15) is 19.8 Å². The van der Waals surface area contributed by atoms with Gasteiger partial charge in [0.15, 0.2) is 0 Å². The van der Waals surface area contributed by atoms with Crippen molar-refractivity contribution in [3.05, 3.63) is 0 Å². The summed E-state index contributed by atoms with van der Waals surface area (Å²) in [4.78, 5) is 9.40. The standard InChI is InChI=1S/C4H8O.Pr/c1-2-3-4-5;/h4H,2-3H2,1H3;. The molecule has 0 amide bonds. The Morgan fingerprint density at radius 1 is 1.67 bits per heavy atom. The molecule has 0 rings (SSSR count). The molecule has 0 heterocycles. The first kappa shape index (κ1) is 10.1. The van der Waals surface area contributed by atoms with Gasteiger partial charge in [-0.3, -0.25) is 0 Å². The molecule has 0 saturated heterocycles. The van der Waals surface area contributed by atoms with Gasteiger partial charge in [-0.1, -0.05) is 6.92 Å². The molecule has 0 aromatic heterocycles. The number of rotatable bonds is 2. The quantitative estimate of drug-likeness (QED) is 0.625. The Bertz CT molecular complexity index is 28.7. The maximum atomic E-state index is 9.40. The summed E-state index contributed by atoms with van der Waals surface area (Å²) in [6.07, 6.45) is 2.61. The molecule has 0 spiro atoms. The zero-order valence-corrected chi connectivity index (χ0v) is 7.68. The van der Waals surface area contributed by atoms with Gasteiger partial charge in [0.1, 0.15) is 6.29 Å². The molecule has 0 aromatic carbocycles. The Hall–Kier alpha value is 1.03. The predicted octanol–water partition coefficient (Wildman–Crippen LogP) is 0.985. The topological polar surface area (TPSA) is 17.1 Å². The van der Waals surface area contributed by atoms with Crippen LogP contribution >= 0.6 is 0 Å². The first-order chi connectivity index (χ1) is 2.41. The summed E-state index contributed by atoms with van der Waals surface area (Å²) in [5.41, 5.74) is 0. The Balaban J connectivity index is 0. The summed E-state index contributed by atoms with van der Waals surface area (Å²) in [7, 11) is 0.